The van der Waals surface area contributed by atoms with Crippen LogP contribution in [0.1, 0.15) is 251 Å². The third-order valence-electron chi connectivity index (χ3n) is 11.1. The molecule has 10 nitrogen and oxygen atoms in total. The molecule has 0 saturated heterocycles. The van der Waals surface area contributed by atoms with E-state index in [1.807, 2.05) is 0 Å². The van der Waals surface area contributed by atoms with E-state index >= 15 is 0 Å². The first-order valence-corrected chi connectivity index (χ1v) is 26.0. The first kappa shape index (κ1) is 57.0. The van der Waals surface area contributed by atoms with E-state index < -0.39 is 58.4 Å². The summed E-state index contributed by atoms with van der Waals surface area (Å²) in [5.74, 6) is -1.00. The number of aliphatic hydroxyl groups is 2. The number of ether oxygens (including phenoxy) is 2. The standard InChI is InChI=1S/C47H93O10P/c1-3-5-7-9-11-13-15-17-19-21-22-23-25-27-29-31-33-35-37-39-47(51)57-45(41-49)43-55-58(52,53)54-42-44(40-48)56-46(50)38-36-34-32-30-28-26-24-20-18-16-14-12-10-8-6-4-2/h44-45,48-49H,3-43H2,1-2H3,(H,52,53). The van der Waals surface area contributed by atoms with Crippen LogP contribution in [-0.2, 0) is 32.7 Å². The maximum Gasteiger partial charge on any atom is 0.472 e. The van der Waals surface area contributed by atoms with E-state index in [1.54, 1.807) is 0 Å². The average Bonchev–Trinajstić information content (AvgIpc) is 3.21. The van der Waals surface area contributed by atoms with Crippen molar-refractivity contribution in [3.05, 3.63) is 0 Å². The van der Waals surface area contributed by atoms with E-state index in [1.165, 1.54) is 173 Å². The highest BCUT2D eigenvalue weighted by molar-refractivity contribution is 7.47. The molecule has 0 bridgehead atoms. The predicted octanol–water partition coefficient (Wildman–Crippen LogP) is 13.4. The van der Waals surface area contributed by atoms with Crippen molar-refractivity contribution in [2.24, 2.45) is 0 Å². The summed E-state index contributed by atoms with van der Waals surface area (Å²) in [7, 11) is -4.63. The second-order valence-corrected chi connectivity index (χ2v) is 18.3. The third kappa shape index (κ3) is 41.7. The Morgan fingerprint density at radius 3 is 0.810 bits per heavy atom. The number of aliphatic hydroxyl groups excluding tert-OH is 2. The van der Waals surface area contributed by atoms with Crippen molar-refractivity contribution in [2.45, 2.75) is 264 Å². The molecule has 0 heterocycles. The van der Waals surface area contributed by atoms with Gasteiger partial charge in [-0.15, -0.1) is 0 Å². The molecule has 0 fully saturated rings. The number of phosphoric ester groups is 1. The van der Waals surface area contributed by atoms with Crippen LogP contribution >= 0.6 is 7.82 Å². The van der Waals surface area contributed by atoms with Crippen molar-refractivity contribution in [1.82, 2.24) is 0 Å². The van der Waals surface area contributed by atoms with Gasteiger partial charge in [0.2, 0.25) is 0 Å². The second kappa shape index (κ2) is 44.0. The van der Waals surface area contributed by atoms with Crippen LogP contribution in [0.5, 0.6) is 0 Å². The third-order valence-corrected chi connectivity index (χ3v) is 12.0. The van der Waals surface area contributed by atoms with Crippen molar-refractivity contribution < 1.29 is 47.8 Å². The quantitative estimate of drug-likeness (QED) is 0.0307. The number of hydrogen-bond donors (Lipinski definition) is 3. The summed E-state index contributed by atoms with van der Waals surface area (Å²) in [6, 6.07) is 0. The molecule has 11 heteroatoms. The number of unbranched alkanes of at least 4 members (excludes halogenated alkanes) is 33. The van der Waals surface area contributed by atoms with Gasteiger partial charge in [-0.1, -0.05) is 226 Å². The highest BCUT2D eigenvalue weighted by atomic mass is 31.2. The summed E-state index contributed by atoms with van der Waals surface area (Å²) in [6.07, 6.45) is 42.2. The molecule has 0 radical (unpaired) electrons. The molecule has 0 aromatic carbocycles. The molecule has 0 aliphatic rings. The second-order valence-electron chi connectivity index (χ2n) is 16.8. The molecule has 58 heavy (non-hydrogen) atoms. The number of esters is 2. The monoisotopic (exact) mass is 849 g/mol. The van der Waals surface area contributed by atoms with Gasteiger partial charge in [-0.2, -0.15) is 0 Å². The summed E-state index contributed by atoms with van der Waals surface area (Å²) in [6.45, 7) is 2.27. The molecule has 0 aromatic rings. The number of hydrogen-bond acceptors (Lipinski definition) is 9. The predicted molar refractivity (Wildman–Crippen MR) is 238 cm³/mol. The van der Waals surface area contributed by atoms with E-state index in [0.717, 1.165) is 38.5 Å². The Balaban J connectivity index is 3.81. The largest absolute Gasteiger partial charge is 0.472 e. The molecule has 0 aromatic heterocycles. The highest BCUT2D eigenvalue weighted by Gasteiger charge is 2.27. The smallest absolute Gasteiger partial charge is 0.457 e. The lowest BCUT2D eigenvalue weighted by Crippen LogP contribution is -2.28. The van der Waals surface area contributed by atoms with Crippen LogP contribution < -0.4 is 0 Å². The molecule has 0 aliphatic heterocycles. The Bertz CT molecular complexity index is 935. The van der Waals surface area contributed by atoms with Gasteiger partial charge in [-0.25, -0.2) is 4.57 Å². The molecule has 3 unspecified atom stereocenters. The number of phosphoric acid groups is 1. The minimum atomic E-state index is -4.63. The van der Waals surface area contributed by atoms with Crippen molar-refractivity contribution in [3.63, 3.8) is 0 Å². The van der Waals surface area contributed by atoms with Gasteiger partial charge in [0.1, 0.15) is 12.2 Å². The number of carbonyl (C=O) groups excluding carboxylic acids is 2. The molecular formula is C47H93O10P. The first-order valence-electron chi connectivity index (χ1n) is 24.5. The molecule has 3 N–H and O–H groups in total. The van der Waals surface area contributed by atoms with Crippen LogP contribution in [0.2, 0.25) is 0 Å². The van der Waals surface area contributed by atoms with Gasteiger partial charge >= 0.3 is 19.8 Å². The summed E-state index contributed by atoms with van der Waals surface area (Å²) < 4.78 is 32.7. The minimum absolute atomic E-state index is 0.200. The molecule has 346 valence electrons. The van der Waals surface area contributed by atoms with Crippen LogP contribution in [0, 0.1) is 0 Å². The lowest BCUT2D eigenvalue weighted by Gasteiger charge is -2.20. The Hall–Kier alpha value is -1.03. The van der Waals surface area contributed by atoms with Crippen LogP contribution in [0.4, 0.5) is 0 Å². The van der Waals surface area contributed by atoms with Crippen LogP contribution in [0.25, 0.3) is 0 Å². The first-order chi connectivity index (χ1) is 28.3. The maximum atomic E-state index is 12.4. The van der Waals surface area contributed by atoms with Gasteiger partial charge in [-0.3, -0.25) is 18.6 Å². The fourth-order valence-electron chi connectivity index (χ4n) is 7.29. The van der Waals surface area contributed by atoms with E-state index in [9.17, 15) is 29.3 Å². The fourth-order valence-corrected chi connectivity index (χ4v) is 8.08. The number of rotatable bonds is 47. The molecule has 0 saturated carbocycles. The van der Waals surface area contributed by atoms with Crippen LogP contribution in [0.15, 0.2) is 0 Å². The topological polar surface area (TPSA) is 149 Å². The SMILES string of the molecule is CCCCCCCCCCCCCCCCCCCCCC(=O)OC(CO)COP(=O)(O)OCC(CO)OC(=O)CCCCCCCCCCCCCCCCCC. The molecular weight excluding hydrogens is 755 g/mol. The highest BCUT2D eigenvalue weighted by Crippen LogP contribution is 2.43. The van der Waals surface area contributed by atoms with E-state index in [2.05, 4.69) is 13.8 Å². The summed E-state index contributed by atoms with van der Waals surface area (Å²) in [5.41, 5.74) is 0. The summed E-state index contributed by atoms with van der Waals surface area (Å²) >= 11 is 0. The fraction of sp³-hybridized carbons (Fsp3) is 0.957. The molecule has 0 amide bonds. The zero-order valence-electron chi connectivity index (χ0n) is 37.8. The summed E-state index contributed by atoms with van der Waals surface area (Å²) in [5, 5.41) is 19.2. The maximum absolute atomic E-state index is 12.4. The van der Waals surface area contributed by atoms with Gasteiger partial charge in [0, 0.05) is 12.8 Å². The lowest BCUT2D eigenvalue weighted by atomic mass is 10.0. The van der Waals surface area contributed by atoms with E-state index in [4.69, 9.17) is 18.5 Å². The number of carbonyl (C=O) groups is 2. The van der Waals surface area contributed by atoms with Crippen molar-refractivity contribution in [3.8, 4) is 0 Å². The van der Waals surface area contributed by atoms with Crippen LogP contribution in [-0.4, -0.2) is 65.7 Å². The Kier molecular flexibility index (Phi) is 43.3. The average molecular weight is 849 g/mol. The van der Waals surface area contributed by atoms with Crippen LogP contribution in [0.3, 0.4) is 0 Å². The van der Waals surface area contributed by atoms with Gasteiger partial charge < -0.3 is 24.6 Å². The van der Waals surface area contributed by atoms with Gasteiger partial charge in [0.15, 0.2) is 0 Å². The lowest BCUT2D eigenvalue weighted by molar-refractivity contribution is -0.153. The van der Waals surface area contributed by atoms with Gasteiger partial charge in [0.25, 0.3) is 0 Å². The van der Waals surface area contributed by atoms with Gasteiger partial charge in [-0.05, 0) is 12.8 Å². The van der Waals surface area contributed by atoms with E-state index in [-0.39, 0.29) is 12.8 Å². The zero-order valence-corrected chi connectivity index (χ0v) is 38.7. The summed E-state index contributed by atoms with van der Waals surface area (Å²) in [4.78, 5) is 34.6. The van der Waals surface area contributed by atoms with Crippen molar-refractivity contribution in [1.29, 1.82) is 0 Å². The van der Waals surface area contributed by atoms with Crippen molar-refractivity contribution in [2.75, 3.05) is 26.4 Å². The van der Waals surface area contributed by atoms with Gasteiger partial charge in [0.05, 0.1) is 26.4 Å². The Labute approximate surface area is 356 Å². The minimum Gasteiger partial charge on any atom is -0.457 e. The molecule has 0 rings (SSSR count). The molecule has 0 aliphatic carbocycles. The van der Waals surface area contributed by atoms with E-state index in [0.29, 0.717) is 12.8 Å². The van der Waals surface area contributed by atoms with Crippen molar-refractivity contribution >= 4 is 19.8 Å². The zero-order chi connectivity index (χ0) is 42.6. The Morgan fingerprint density at radius 2 is 0.603 bits per heavy atom. The molecule has 3 atom stereocenters. The molecule has 0 spiro atoms. The normalized spacial score (nSPS) is 13.7. The Morgan fingerprint density at radius 1 is 0.397 bits per heavy atom.